The molecule has 0 spiro atoms. The van der Waals surface area contributed by atoms with Crippen LogP contribution in [0.4, 0.5) is 26.7 Å². The Bertz CT molecular complexity index is 930. The molecule has 34 heavy (non-hydrogen) atoms. The van der Waals surface area contributed by atoms with Gasteiger partial charge >= 0.3 is 12.1 Å². The average Bonchev–Trinajstić information content (AvgIpc) is 3.46. The molecule has 2 aliphatic rings. The number of alkyl carbamates (subject to hydrolysis) is 1. The molecule has 1 saturated carbocycles. The minimum atomic E-state index is -2.34. The lowest BCUT2D eigenvalue weighted by Gasteiger charge is -2.09. The van der Waals surface area contributed by atoms with Gasteiger partial charge in [-0.05, 0) is 37.0 Å². The van der Waals surface area contributed by atoms with Crippen LogP contribution in [0.3, 0.4) is 0 Å². The van der Waals surface area contributed by atoms with Crippen LogP contribution in [0.5, 0.6) is 5.75 Å². The van der Waals surface area contributed by atoms with E-state index in [0.717, 1.165) is 25.7 Å². The van der Waals surface area contributed by atoms with E-state index in [1.807, 2.05) is 0 Å². The summed E-state index contributed by atoms with van der Waals surface area (Å²) in [6, 6.07) is 0. The summed E-state index contributed by atoms with van der Waals surface area (Å²) < 4.78 is 80.9. The summed E-state index contributed by atoms with van der Waals surface area (Å²) in [5.41, 5.74) is 0. The Hall–Kier alpha value is -2.87. The van der Waals surface area contributed by atoms with E-state index in [2.05, 4.69) is 21.9 Å². The second-order valence-electron chi connectivity index (χ2n) is 8.04. The number of nitrogens with one attached hydrogen (secondary N) is 1. The molecule has 1 fully saturated rings. The minimum Gasteiger partial charge on any atom is -0.449 e. The van der Waals surface area contributed by atoms with Crippen molar-refractivity contribution in [3.8, 4) is 17.6 Å². The molecule has 2 unspecified atom stereocenters. The minimum absolute atomic E-state index is 0.0381. The smallest absolute Gasteiger partial charge is 0.407 e. The lowest BCUT2D eigenvalue weighted by molar-refractivity contribution is -0.135. The van der Waals surface area contributed by atoms with Gasteiger partial charge in [0.15, 0.2) is 0 Å². The molecule has 1 aromatic rings. The molecule has 0 heterocycles. The van der Waals surface area contributed by atoms with Crippen molar-refractivity contribution < 1.29 is 45.8 Å². The molecule has 1 aromatic carbocycles. The molecule has 0 aromatic heterocycles. The molecule has 1 N–H and O–H groups in total. The van der Waals surface area contributed by atoms with Gasteiger partial charge in [0.05, 0.1) is 13.2 Å². The van der Waals surface area contributed by atoms with Gasteiger partial charge in [0.25, 0.3) is 0 Å². The highest BCUT2D eigenvalue weighted by Gasteiger charge is 2.49. The van der Waals surface area contributed by atoms with E-state index in [0.29, 0.717) is 24.4 Å². The first kappa shape index (κ1) is 25.7. The molecule has 11 heteroatoms. The average molecular weight is 489 g/mol. The van der Waals surface area contributed by atoms with Crippen LogP contribution in [-0.4, -0.2) is 38.4 Å². The summed E-state index contributed by atoms with van der Waals surface area (Å²) >= 11 is 0. The molecule has 0 saturated heterocycles. The monoisotopic (exact) mass is 489 g/mol. The van der Waals surface area contributed by atoms with Crippen LogP contribution in [0, 0.1) is 58.7 Å². The highest BCUT2D eigenvalue weighted by atomic mass is 19.2. The van der Waals surface area contributed by atoms with Crippen molar-refractivity contribution in [3.05, 3.63) is 29.1 Å². The van der Waals surface area contributed by atoms with Crippen molar-refractivity contribution in [2.24, 2.45) is 17.8 Å². The zero-order valence-corrected chi connectivity index (χ0v) is 18.2. The standard InChI is InChI=1S/C23H24F5NO5/c24-17-18(25)20(27)22(21(28)19(17)26)34-16(30)8-5-10-32-11-9-29-23(31)33-12-15-13-6-3-1-2-4-7-14(13)15/h13-15H,3-12H2,(H,29,31). The Morgan fingerprint density at radius 1 is 0.882 bits per heavy atom. The summed E-state index contributed by atoms with van der Waals surface area (Å²) in [5, 5.41) is 2.54. The van der Waals surface area contributed by atoms with E-state index in [4.69, 9.17) is 9.47 Å². The maximum absolute atomic E-state index is 13.5. The van der Waals surface area contributed by atoms with E-state index >= 15 is 0 Å². The van der Waals surface area contributed by atoms with Crippen LogP contribution in [0.25, 0.3) is 0 Å². The number of fused-ring (bicyclic) bond motifs is 1. The third-order valence-corrected chi connectivity index (χ3v) is 5.82. The Balaban J connectivity index is 1.24. The molecule has 6 nitrogen and oxygen atoms in total. The first-order chi connectivity index (χ1) is 16.3. The Kier molecular flexibility index (Phi) is 9.10. The van der Waals surface area contributed by atoms with Crippen LogP contribution in [0.2, 0.25) is 0 Å². The highest BCUT2D eigenvalue weighted by molar-refractivity contribution is 5.72. The second-order valence-corrected chi connectivity index (χ2v) is 8.04. The van der Waals surface area contributed by atoms with Gasteiger partial charge in [0, 0.05) is 32.4 Å². The molecule has 1 amide bonds. The lowest BCUT2D eigenvalue weighted by atomic mass is 10.1. The normalized spacial score (nSPS) is 20.8. The number of carbonyl (C=O) groups is 2. The Labute approximate surface area is 193 Å². The molecule has 186 valence electrons. The third kappa shape index (κ3) is 6.59. The van der Waals surface area contributed by atoms with E-state index in [1.54, 1.807) is 0 Å². The fourth-order valence-corrected chi connectivity index (χ4v) is 3.99. The zero-order valence-electron chi connectivity index (χ0n) is 18.2. The van der Waals surface area contributed by atoms with Gasteiger partial charge in [0.1, 0.15) is 0 Å². The van der Waals surface area contributed by atoms with Crippen LogP contribution in [-0.2, 0) is 14.3 Å². The molecular formula is C23H24F5NO5. The van der Waals surface area contributed by atoms with E-state index in [9.17, 15) is 31.5 Å². The van der Waals surface area contributed by atoms with Gasteiger partial charge in [-0.15, -0.1) is 11.8 Å². The van der Waals surface area contributed by atoms with Crippen molar-refractivity contribution in [1.29, 1.82) is 0 Å². The largest absolute Gasteiger partial charge is 0.449 e. The number of benzene rings is 1. The van der Waals surface area contributed by atoms with E-state index in [-0.39, 0.29) is 32.6 Å². The lowest BCUT2D eigenvalue weighted by Crippen LogP contribution is -2.28. The van der Waals surface area contributed by atoms with Crippen molar-refractivity contribution in [1.82, 2.24) is 5.32 Å². The topological polar surface area (TPSA) is 73.9 Å². The quantitative estimate of drug-likeness (QED) is 0.101. The summed E-state index contributed by atoms with van der Waals surface area (Å²) in [5.74, 6) is -6.24. The number of rotatable bonds is 10. The predicted octanol–water partition coefficient (Wildman–Crippen LogP) is 4.25. The number of halogens is 5. The molecule has 2 aliphatic carbocycles. The fourth-order valence-electron chi connectivity index (χ4n) is 3.99. The Morgan fingerprint density at radius 2 is 1.47 bits per heavy atom. The molecular weight excluding hydrogens is 465 g/mol. The molecule has 0 radical (unpaired) electrons. The molecule has 3 rings (SSSR count). The number of carbonyl (C=O) groups excluding carboxylic acids is 2. The maximum atomic E-state index is 13.5. The van der Waals surface area contributed by atoms with Gasteiger partial charge in [-0.25, -0.2) is 18.0 Å². The van der Waals surface area contributed by atoms with Gasteiger partial charge in [-0.2, -0.15) is 8.78 Å². The van der Waals surface area contributed by atoms with E-state index in [1.165, 1.54) is 0 Å². The molecule has 2 atom stereocenters. The van der Waals surface area contributed by atoms with Crippen molar-refractivity contribution in [3.63, 3.8) is 0 Å². The fraction of sp³-hybridized carbons (Fsp3) is 0.565. The Morgan fingerprint density at radius 3 is 2.09 bits per heavy atom. The number of amides is 1. The number of ether oxygens (including phenoxy) is 3. The summed E-state index contributed by atoms with van der Waals surface area (Å²) in [4.78, 5) is 23.4. The van der Waals surface area contributed by atoms with Gasteiger partial charge in [-0.3, -0.25) is 4.79 Å². The molecule has 0 aliphatic heterocycles. The van der Waals surface area contributed by atoms with Crippen LogP contribution < -0.4 is 10.1 Å². The van der Waals surface area contributed by atoms with Gasteiger partial charge < -0.3 is 19.5 Å². The first-order valence-corrected chi connectivity index (χ1v) is 11.0. The van der Waals surface area contributed by atoms with Crippen molar-refractivity contribution in [2.75, 3.05) is 26.4 Å². The van der Waals surface area contributed by atoms with E-state index < -0.39 is 46.9 Å². The number of hydrogen-bond donors (Lipinski definition) is 1. The highest BCUT2D eigenvalue weighted by Crippen LogP contribution is 2.52. The van der Waals surface area contributed by atoms with Gasteiger partial charge in [0.2, 0.25) is 34.8 Å². The van der Waals surface area contributed by atoms with Crippen molar-refractivity contribution >= 4 is 12.1 Å². The molecule has 0 bridgehead atoms. The summed E-state index contributed by atoms with van der Waals surface area (Å²) in [6.45, 7) is 0.691. The number of esters is 1. The van der Waals surface area contributed by atoms with Gasteiger partial charge in [-0.1, -0.05) is 0 Å². The third-order valence-electron chi connectivity index (χ3n) is 5.82. The maximum Gasteiger partial charge on any atom is 0.407 e. The van der Waals surface area contributed by atoms with Crippen LogP contribution in [0.1, 0.15) is 38.5 Å². The summed E-state index contributed by atoms with van der Waals surface area (Å²) in [6.07, 6.45) is 2.97. The summed E-state index contributed by atoms with van der Waals surface area (Å²) in [7, 11) is 0. The number of hydrogen-bond acceptors (Lipinski definition) is 5. The van der Waals surface area contributed by atoms with Crippen LogP contribution in [0.15, 0.2) is 0 Å². The second kappa shape index (κ2) is 12.0. The SMILES string of the molecule is O=C(CCCOCCNC(=O)OCC1C2CCC#CCCC21)Oc1c(F)c(F)c(F)c(F)c1F. The predicted molar refractivity (Wildman–Crippen MR) is 108 cm³/mol. The van der Waals surface area contributed by atoms with Crippen molar-refractivity contribution in [2.45, 2.75) is 38.5 Å². The first-order valence-electron chi connectivity index (χ1n) is 11.0. The zero-order chi connectivity index (χ0) is 24.7. The van der Waals surface area contributed by atoms with Crippen LogP contribution >= 0.6 is 0 Å².